The monoisotopic (exact) mass is 366 g/mol. The van der Waals surface area contributed by atoms with Crippen LogP contribution in [0.25, 0.3) is 0 Å². The van der Waals surface area contributed by atoms with Crippen molar-refractivity contribution in [3.05, 3.63) is 40.1 Å². The van der Waals surface area contributed by atoms with Gasteiger partial charge >= 0.3 is 5.69 Å². The number of H-pyrrole nitrogens is 1. The molecule has 0 bridgehead atoms. The van der Waals surface area contributed by atoms with Crippen LogP contribution in [-0.2, 0) is 16.1 Å². The summed E-state index contributed by atoms with van der Waals surface area (Å²) in [5.74, 6) is -0.610. The molecule has 134 valence electrons. The van der Waals surface area contributed by atoms with Crippen LogP contribution >= 0.6 is 11.8 Å². The van der Waals surface area contributed by atoms with Gasteiger partial charge in [0.25, 0.3) is 0 Å². The zero-order chi connectivity index (χ0) is 17.8. The fourth-order valence-electron chi connectivity index (χ4n) is 2.56. The molecule has 7 nitrogen and oxygen atoms in total. The SMILES string of the molecule is Cc1ccc(NC(=O)CSc2n[nH]c(=O)n2CC2CCCO2)cc1F. The molecule has 1 atom stereocenters. The Hall–Kier alpha value is -2.13. The third kappa shape index (κ3) is 4.49. The number of rotatable bonds is 6. The van der Waals surface area contributed by atoms with E-state index in [0.29, 0.717) is 29.6 Å². The second kappa shape index (κ2) is 7.83. The van der Waals surface area contributed by atoms with Crippen LogP contribution in [0.15, 0.2) is 28.2 Å². The number of aryl methyl sites for hydroxylation is 1. The normalized spacial score (nSPS) is 17.0. The van der Waals surface area contributed by atoms with E-state index in [1.807, 2.05) is 0 Å². The third-order valence-electron chi connectivity index (χ3n) is 3.92. The molecule has 1 unspecified atom stereocenters. The highest BCUT2D eigenvalue weighted by atomic mass is 32.2. The molecule has 1 aromatic heterocycles. The minimum Gasteiger partial charge on any atom is -0.376 e. The van der Waals surface area contributed by atoms with E-state index >= 15 is 0 Å². The van der Waals surface area contributed by atoms with Gasteiger partial charge in [-0.2, -0.15) is 0 Å². The van der Waals surface area contributed by atoms with E-state index in [0.717, 1.165) is 24.6 Å². The Kier molecular flexibility index (Phi) is 5.54. The van der Waals surface area contributed by atoms with Crippen molar-refractivity contribution >= 4 is 23.4 Å². The maximum atomic E-state index is 13.5. The molecule has 1 fully saturated rings. The summed E-state index contributed by atoms with van der Waals surface area (Å²) in [6.45, 7) is 2.78. The molecule has 9 heteroatoms. The summed E-state index contributed by atoms with van der Waals surface area (Å²) in [5, 5.41) is 9.42. The first kappa shape index (κ1) is 17.7. The average molecular weight is 366 g/mol. The lowest BCUT2D eigenvalue weighted by atomic mass is 10.2. The molecule has 0 radical (unpaired) electrons. The summed E-state index contributed by atoms with van der Waals surface area (Å²) < 4.78 is 20.5. The molecule has 3 rings (SSSR count). The first-order chi connectivity index (χ1) is 12.0. The largest absolute Gasteiger partial charge is 0.376 e. The Labute approximate surface area is 148 Å². The smallest absolute Gasteiger partial charge is 0.344 e. The minimum absolute atomic E-state index is 0.000917. The van der Waals surface area contributed by atoms with E-state index in [-0.39, 0.29) is 29.3 Å². The highest BCUT2D eigenvalue weighted by Crippen LogP contribution is 2.19. The molecule has 2 N–H and O–H groups in total. The van der Waals surface area contributed by atoms with Gasteiger partial charge in [-0.05, 0) is 37.5 Å². The summed E-state index contributed by atoms with van der Waals surface area (Å²) in [5.41, 5.74) is 0.591. The van der Waals surface area contributed by atoms with Crippen LogP contribution in [-0.4, -0.2) is 39.1 Å². The Morgan fingerprint density at radius 3 is 3.12 bits per heavy atom. The summed E-state index contributed by atoms with van der Waals surface area (Å²) in [6.07, 6.45) is 1.88. The molecule has 0 spiro atoms. The Bertz CT molecular complexity index is 814. The minimum atomic E-state index is -0.372. The van der Waals surface area contributed by atoms with Crippen LogP contribution < -0.4 is 11.0 Å². The van der Waals surface area contributed by atoms with Crippen LogP contribution in [0.2, 0.25) is 0 Å². The van der Waals surface area contributed by atoms with Gasteiger partial charge in [-0.15, -0.1) is 5.10 Å². The van der Waals surface area contributed by atoms with Crippen LogP contribution in [0.3, 0.4) is 0 Å². The van der Waals surface area contributed by atoms with Gasteiger partial charge in [-0.1, -0.05) is 17.8 Å². The molecule has 1 saturated heterocycles. The molecule has 0 aliphatic carbocycles. The van der Waals surface area contributed by atoms with E-state index in [1.54, 1.807) is 19.1 Å². The number of hydrogen-bond acceptors (Lipinski definition) is 5. The van der Waals surface area contributed by atoms with Crippen molar-refractivity contribution in [1.82, 2.24) is 14.8 Å². The second-order valence-electron chi connectivity index (χ2n) is 5.86. The van der Waals surface area contributed by atoms with E-state index < -0.39 is 0 Å². The zero-order valence-corrected chi connectivity index (χ0v) is 14.6. The molecular weight excluding hydrogens is 347 g/mol. The van der Waals surface area contributed by atoms with Gasteiger partial charge in [0.2, 0.25) is 5.91 Å². The van der Waals surface area contributed by atoms with Crippen molar-refractivity contribution in [1.29, 1.82) is 0 Å². The highest BCUT2D eigenvalue weighted by Gasteiger charge is 2.20. The number of hydrogen-bond donors (Lipinski definition) is 2. The lowest BCUT2D eigenvalue weighted by Gasteiger charge is -2.11. The molecular formula is C16H19FN4O3S. The summed E-state index contributed by atoms with van der Waals surface area (Å²) in [4.78, 5) is 23.9. The van der Waals surface area contributed by atoms with Crippen molar-refractivity contribution in [2.75, 3.05) is 17.7 Å². The van der Waals surface area contributed by atoms with Crippen LogP contribution in [0, 0.1) is 12.7 Å². The van der Waals surface area contributed by atoms with Gasteiger partial charge in [-0.3, -0.25) is 9.36 Å². The third-order valence-corrected chi connectivity index (χ3v) is 4.90. The molecule has 2 heterocycles. The van der Waals surface area contributed by atoms with Crippen molar-refractivity contribution in [3.63, 3.8) is 0 Å². The molecule has 2 aromatic rings. The number of nitrogens with one attached hydrogen (secondary N) is 2. The molecule has 1 aliphatic rings. The van der Waals surface area contributed by atoms with Crippen molar-refractivity contribution in [2.24, 2.45) is 0 Å². The fourth-order valence-corrected chi connectivity index (χ4v) is 3.32. The van der Waals surface area contributed by atoms with E-state index in [9.17, 15) is 14.0 Å². The Morgan fingerprint density at radius 1 is 1.56 bits per heavy atom. The number of thioether (sulfide) groups is 1. The number of amides is 1. The predicted molar refractivity (Wildman–Crippen MR) is 92.3 cm³/mol. The van der Waals surface area contributed by atoms with Gasteiger partial charge in [-0.25, -0.2) is 14.3 Å². The number of nitrogens with zero attached hydrogens (tertiary/aromatic N) is 2. The Balaban J connectivity index is 1.58. The van der Waals surface area contributed by atoms with Gasteiger partial charge in [0.15, 0.2) is 5.16 Å². The maximum Gasteiger partial charge on any atom is 0.344 e. The molecule has 25 heavy (non-hydrogen) atoms. The number of aromatic amines is 1. The second-order valence-corrected chi connectivity index (χ2v) is 6.80. The van der Waals surface area contributed by atoms with Crippen molar-refractivity contribution in [2.45, 2.75) is 37.6 Å². The number of aromatic nitrogens is 3. The number of ether oxygens (including phenoxy) is 1. The lowest BCUT2D eigenvalue weighted by molar-refractivity contribution is -0.113. The summed E-state index contributed by atoms with van der Waals surface area (Å²) in [7, 11) is 0. The van der Waals surface area contributed by atoms with Crippen LogP contribution in [0.1, 0.15) is 18.4 Å². The zero-order valence-electron chi connectivity index (χ0n) is 13.8. The number of carbonyl (C=O) groups excluding carboxylic acids is 1. The lowest BCUT2D eigenvalue weighted by Crippen LogP contribution is -2.25. The summed E-state index contributed by atoms with van der Waals surface area (Å²) in [6, 6.07) is 4.52. The standard InChI is InChI=1S/C16H19FN4O3S/c1-10-4-5-11(7-13(10)17)18-14(22)9-25-16-20-19-15(23)21(16)8-12-3-2-6-24-12/h4-5,7,12H,2-3,6,8-9H2,1H3,(H,18,22)(H,19,23). The summed E-state index contributed by atoms with van der Waals surface area (Å²) >= 11 is 1.15. The highest BCUT2D eigenvalue weighted by molar-refractivity contribution is 7.99. The van der Waals surface area contributed by atoms with Gasteiger partial charge in [0, 0.05) is 12.3 Å². The van der Waals surface area contributed by atoms with Crippen LogP contribution in [0.5, 0.6) is 0 Å². The van der Waals surface area contributed by atoms with E-state index in [4.69, 9.17) is 4.74 Å². The predicted octanol–water partition coefficient (Wildman–Crippen LogP) is 1.93. The maximum absolute atomic E-state index is 13.5. The number of carbonyl (C=O) groups is 1. The molecule has 1 aromatic carbocycles. The molecule has 1 aliphatic heterocycles. The van der Waals surface area contributed by atoms with Crippen molar-refractivity contribution in [3.8, 4) is 0 Å². The quantitative estimate of drug-likeness (QED) is 0.763. The van der Waals surface area contributed by atoms with Crippen molar-refractivity contribution < 1.29 is 13.9 Å². The average Bonchev–Trinajstić information content (AvgIpc) is 3.21. The van der Waals surface area contributed by atoms with Gasteiger partial charge in [0.05, 0.1) is 18.4 Å². The molecule has 0 saturated carbocycles. The van der Waals surface area contributed by atoms with Gasteiger partial charge in [0.1, 0.15) is 5.82 Å². The fraction of sp³-hybridized carbons (Fsp3) is 0.438. The van der Waals surface area contributed by atoms with E-state index in [1.165, 1.54) is 10.6 Å². The Morgan fingerprint density at radius 2 is 2.40 bits per heavy atom. The topological polar surface area (TPSA) is 89.0 Å². The van der Waals surface area contributed by atoms with Crippen LogP contribution in [0.4, 0.5) is 10.1 Å². The van der Waals surface area contributed by atoms with E-state index in [2.05, 4.69) is 15.5 Å². The number of anilines is 1. The number of halogens is 1. The first-order valence-corrected chi connectivity index (χ1v) is 8.97. The molecule has 1 amide bonds. The first-order valence-electron chi connectivity index (χ1n) is 7.98. The number of benzene rings is 1. The van der Waals surface area contributed by atoms with Gasteiger partial charge < -0.3 is 10.1 Å².